The molecule has 0 saturated heterocycles. The van der Waals surface area contributed by atoms with E-state index < -0.39 is 6.10 Å². The van der Waals surface area contributed by atoms with Gasteiger partial charge in [0.2, 0.25) is 0 Å². The van der Waals surface area contributed by atoms with E-state index in [0.29, 0.717) is 19.3 Å². The van der Waals surface area contributed by atoms with Gasteiger partial charge in [-0.15, -0.1) is 0 Å². The van der Waals surface area contributed by atoms with Crippen molar-refractivity contribution in [3.63, 3.8) is 0 Å². The first-order valence-corrected chi connectivity index (χ1v) is 34.6. The maximum atomic E-state index is 12.9. The first-order chi connectivity index (χ1) is 39.5. The summed E-state index contributed by atoms with van der Waals surface area (Å²) in [6, 6.07) is 0. The molecule has 0 rings (SSSR count). The number of carbonyl (C=O) groups excluding carboxylic acids is 3. The monoisotopic (exact) mass is 1110 g/mol. The Bertz CT molecular complexity index is 1520. The highest BCUT2D eigenvalue weighted by molar-refractivity contribution is 5.71. The normalized spacial score (nSPS) is 12.6. The number of esters is 3. The quantitative estimate of drug-likeness (QED) is 0.0261. The molecule has 462 valence electrons. The number of ether oxygens (including phenoxy) is 3. The SMILES string of the molecule is CC/C=C\C/C=C\C/C=C\C/C=C\C/C=C\C/C=C\CCC(=O)OC(COC(=O)CCCCCCC/C=C\CCCCCCC)COC(=O)CCCCCCCCCCCCCCCCCCCCCCCCCCCCCCC. The van der Waals surface area contributed by atoms with Gasteiger partial charge in [0.25, 0.3) is 0 Å². The van der Waals surface area contributed by atoms with Crippen molar-refractivity contribution in [3.8, 4) is 0 Å². The molecular formula is C74H130O6. The second-order valence-electron chi connectivity index (χ2n) is 23.1. The zero-order chi connectivity index (χ0) is 57.8. The summed E-state index contributed by atoms with van der Waals surface area (Å²) in [6.07, 6.45) is 90.6. The highest BCUT2D eigenvalue weighted by Crippen LogP contribution is 2.18. The minimum absolute atomic E-state index is 0.107. The van der Waals surface area contributed by atoms with Crippen LogP contribution in [-0.4, -0.2) is 37.2 Å². The Morgan fingerprint density at radius 1 is 0.263 bits per heavy atom. The number of rotatable bonds is 63. The Labute approximate surface area is 496 Å². The predicted octanol–water partition coefficient (Wildman–Crippen LogP) is 23.8. The summed E-state index contributed by atoms with van der Waals surface area (Å²) < 4.78 is 16.9. The van der Waals surface area contributed by atoms with E-state index in [1.165, 1.54) is 212 Å². The standard InChI is InChI=1S/C74H130O6/c1-4-7-10-13-16-19-22-25-28-30-32-33-34-35-36-37-38-39-40-41-43-44-46-49-52-55-58-61-64-67-73(76)79-70-71(69-78-72(75)66-63-60-57-54-51-48-27-24-21-18-15-12-9-6-3)80-74(77)68-65-62-59-56-53-50-47-45-42-31-29-26-23-20-17-14-11-8-5-2/h8,11,17,20,24,26-27,29,42,45,50,53,59,62,71H,4-7,9-10,12-16,18-19,21-23,25,28,30-41,43-44,46-49,51-52,54-58,60-61,63-70H2,1-3H3/b11-8-,20-17-,27-24-,29-26-,45-42-,53-50-,62-59-. The Kier molecular flexibility index (Phi) is 65.2. The van der Waals surface area contributed by atoms with Crippen molar-refractivity contribution < 1.29 is 28.6 Å². The van der Waals surface area contributed by atoms with Crippen LogP contribution in [-0.2, 0) is 28.6 Å². The first-order valence-electron chi connectivity index (χ1n) is 34.6. The average Bonchev–Trinajstić information content (AvgIpc) is 3.46. The minimum Gasteiger partial charge on any atom is -0.462 e. The molecule has 0 aromatic rings. The fourth-order valence-electron chi connectivity index (χ4n) is 10.00. The molecule has 6 heteroatoms. The van der Waals surface area contributed by atoms with Gasteiger partial charge < -0.3 is 14.2 Å². The Hall–Kier alpha value is -3.41. The van der Waals surface area contributed by atoms with Gasteiger partial charge in [0, 0.05) is 19.3 Å². The van der Waals surface area contributed by atoms with Crippen molar-refractivity contribution in [3.05, 3.63) is 85.1 Å². The molecular weight excluding hydrogens is 985 g/mol. The Morgan fingerprint density at radius 2 is 0.512 bits per heavy atom. The number of hydrogen-bond acceptors (Lipinski definition) is 6. The van der Waals surface area contributed by atoms with Gasteiger partial charge in [-0.3, -0.25) is 14.4 Å². The van der Waals surface area contributed by atoms with E-state index in [9.17, 15) is 14.4 Å². The van der Waals surface area contributed by atoms with E-state index in [4.69, 9.17) is 14.2 Å². The van der Waals surface area contributed by atoms with Crippen LogP contribution in [0.1, 0.15) is 348 Å². The van der Waals surface area contributed by atoms with Gasteiger partial charge in [-0.05, 0) is 83.5 Å². The lowest BCUT2D eigenvalue weighted by Crippen LogP contribution is -2.30. The first kappa shape index (κ1) is 76.6. The van der Waals surface area contributed by atoms with Gasteiger partial charge >= 0.3 is 17.9 Å². The summed E-state index contributed by atoms with van der Waals surface area (Å²) >= 11 is 0. The number of carbonyl (C=O) groups is 3. The molecule has 0 fully saturated rings. The third kappa shape index (κ3) is 65.4. The fraction of sp³-hybridized carbons (Fsp3) is 0.770. The van der Waals surface area contributed by atoms with Gasteiger partial charge in [0.1, 0.15) is 13.2 Å². The van der Waals surface area contributed by atoms with Crippen LogP contribution in [0.5, 0.6) is 0 Å². The van der Waals surface area contributed by atoms with E-state index in [2.05, 4.69) is 99.8 Å². The Morgan fingerprint density at radius 3 is 0.812 bits per heavy atom. The molecule has 1 unspecified atom stereocenters. The van der Waals surface area contributed by atoms with Gasteiger partial charge in [-0.2, -0.15) is 0 Å². The number of hydrogen-bond donors (Lipinski definition) is 0. The summed E-state index contributed by atoms with van der Waals surface area (Å²) in [5.41, 5.74) is 0. The molecule has 0 aliphatic carbocycles. The summed E-state index contributed by atoms with van der Waals surface area (Å²) in [5, 5.41) is 0. The van der Waals surface area contributed by atoms with Crippen LogP contribution in [0.25, 0.3) is 0 Å². The van der Waals surface area contributed by atoms with E-state index in [1.54, 1.807) is 0 Å². The van der Waals surface area contributed by atoms with Crippen molar-refractivity contribution in [1.82, 2.24) is 0 Å². The van der Waals surface area contributed by atoms with Crippen LogP contribution in [0, 0.1) is 0 Å². The molecule has 0 aliphatic rings. The van der Waals surface area contributed by atoms with Crippen LogP contribution in [0.4, 0.5) is 0 Å². The van der Waals surface area contributed by atoms with Crippen molar-refractivity contribution >= 4 is 17.9 Å². The van der Waals surface area contributed by atoms with E-state index >= 15 is 0 Å². The van der Waals surface area contributed by atoms with Crippen molar-refractivity contribution in [2.24, 2.45) is 0 Å². The molecule has 0 aliphatic heterocycles. The van der Waals surface area contributed by atoms with Crippen LogP contribution in [0.2, 0.25) is 0 Å². The molecule has 0 spiro atoms. The second-order valence-corrected chi connectivity index (χ2v) is 23.1. The predicted molar refractivity (Wildman–Crippen MR) is 348 cm³/mol. The maximum absolute atomic E-state index is 12.9. The van der Waals surface area contributed by atoms with Gasteiger partial charge in [0.15, 0.2) is 6.10 Å². The maximum Gasteiger partial charge on any atom is 0.306 e. The third-order valence-electron chi connectivity index (χ3n) is 15.1. The summed E-state index contributed by atoms with van der Waals surface area (Å²) in [5.74, 6) is -0.985. The lowest BCUT2D eigenvalue weighted by molar-refractivity contribution is -0.166. The van der Waals surface area contributed by atoms with Gasteiger partial charge in [0.05, 0.1) is 0 Å². The van der Waals surface area contributed by atoms with Crippen LogP contribution in [0.15, 0.2) is 85.1 Å². The molecule has 0 N–H and O–H groups in total. The Balaban J connectivity index is 4.30. The molecule has 1 atom stereocenters. The van der Waals surface area contributed by atoms with Gasteiger partial charge in [-0.25, -0.2) is 0 Å². The summed E-state index contributed by atoms with van der Waals surface area (Å²) in [6.45, 7) is 6.49. The number of allylic oxidation sites excluding steroid dienone is 14. The second kappa shape index (κ2) is 68.1. The highest BCUT2D eigenvalue weighted by atomic mass is 16.6. The fourth-order valence-corrected chi connectivity index (χ4v) is 10.00. The van der Waals surface area contributed by atoms with Crippen LogP contribution in [0.3, 0.4) is 0 Å². The molecule has 0 aromatic heterocycles. The third-order valence-corrected chi connectivity index (χ3v) is 15.1. The average molecular weight is 1120 g/mol. The van der Waals surface area contributed by atoms with E-state index in [-0.39, 0.29) is 37.5 Å². The molecule has 0 heterocycles. The molecule has 6 nitrogen and oxygen atoms in total. The lowest BCUT2D eigenvalue weighted by atomic mass is 10.0. The minimum atomic E-state index is -0.821. The lowest BCUT2D eigenvalue weighted by Gasteiger charge is -2.18. The highest BCUT2D eigenvalue weighted by Gasteiger charge is 2.19. The topological polar surface area (TPSA) is 78.9 Å². The molecule has 0 bridgehead atoms. The van der Waals surface area contributed by atoms with Crippen molar-refractivity contribution in [2.45, 2.75) is 354 Å². The molecule has 0 aromatic carbocycles. The van der Waals surface area contributed by atoms with E-state index in [0.717, 1.165) is 89.9 Å². The zero-order valence-electron chi connectivity index (χ0n) is 53.1. The largest absolute Gasteiger partial charge is 0.462 e. The number of unbranched alkanes of at least 4 members (excludes halogenated alkanes) is 38. The summed E-state index contributed by atoms with van der Waals surface area (Å²) in [4.78, 5) is 38.3. The molecule has 80 heavy (non-hydrogen) atoms. The molecule has 0 radical (unpaired) electrons. The summed E-state index contributed by atoms with van der Waals surface area (Å²) in [7, 11) is 0. The van der Waals surface area contributed by atoms with Crippen LogP contribution >= 0.6 is 0 Å². The van der Waals surface area contributed by atoms with Crippen molar-refractivity contribution in [1.29, 1.82) is 0 Å². The zero-order valence-corrected chi connectivity index (χ0v) is 53.1. The van der Waals surface area contributed by atoms with Gasteiger partial charge in [-0.1, -0.05) is 331 Å². The van der Waals surface area contributed by atoms with E-state index in [1.807, 2.05) is 6.08 Å². The van der Waals surface area contributed by atoms with Crippen LogP contribution < -0.4 is 0 Å². The molecule has 0 saturated carbocycles. The smallest absolute Gasteiger partial charge is 0.306 e. The molecule has 0 amide bonds. The van der Waals surface area contributed by atoms with Crippen molar-refractivity contribution in [2.75, 3.05) is 13.2 Å².